The van der Waals surface area contributed by atoms with Crippen molar-refractivity contribution in [3.8, 4) is 5.88 Å². The van der Waals surface area contributed by atoms with Crippen LogP contribution in [0.4, 0.5) is 11.5 Å². The Morgan fingerprint density at radius 2 is 2.20 bits per heavy atom. The molecule has 0 aliphatic heterocycles. The molecule has 2 aromatic rings. The Bertz CT molecular complexity index is 528. The lowest BCUT2D eigenvalue weighted by atomic mass is 10.2. The van der Waals surface area contributed by atoms with Gasteiger partial charge < -0.3 is 20.8 Å². The standard InChI is InChI=1S/C13H20N6O/c1-3-7-20-13-10(14)12(17-8-18-13)19-9(4-2)11-15-5-6-16-11/h5-6,8-9H,3-4,7,14H2,1-2H3,(H,15,16)(H,17,18,19). The van der Waals surface area contributed by atoms with Crippen LogP contribution in [0.25, 0.3) is 0 Å². The topological polar surface area (TPSA) is 102 Å². The van der Waals surface area contributed by atoms with Gasteiger partial charge in [0, 0.05) is 12.4 Å². The largest absolute Gasteiger partial charge is 0.476 e. The summed E-state index contributed by atoms with van der Waals surface area (Å²) >= 11 is 0. The molecule has 0 amide bonds. The van der Waals surface area contributed by atoms with E-state index in [0.717, 1.165) is 18.7 Å². The summed E-state index contributed by atoms with van der Waals surface area (Å²) in [5.74, 6) is 1.83. The number of hydrogen-bond donors (Lipinski definition) is 3. The number of nitrogens with two attached hydrogens (primary N) is 1. The van der Waals surface area contributed by atoms with Gasteiger partial charge in [-0.3, -0.25) is 0 Å². The highest BCUT2D eigenvalue weighted by molar-refractivity contribution is 5.66. The summed E-state index contributed by atoms with van der Waals surface area (Å²) in [4.78, 5) is 15.6. The van der Waals surface area contributed by atoms with Gasteiger partial charge in [-0.25, -0.2) is 9.97 Å². The number of rotatable bonds is 7. The molecule has 0 saturated carbocycles. The Kier molecular flexibility index (Phi) is 4.75. The predicted octanol–water partition coefficient (Wildman–Crippen LogP) is 2.13. The molecule has 0 spiro atoms. The second-order valence-electron chi connectivity index (χ2n) is 4.37. The molecule has 4 N–H and O–H groups in total. The van der Waals surface area contributed by atoms with E-state index in [1.165, 1.54) is 6.33 Å². The van der Waals surface area contributed by atoms with E-state index >= 15 is 0 Å². The van der Waals surface area contributed by atoms with Gasteiger partial charge in [0.2, 0.25) is 5.88 Å². The molecule has 2 rings (SSSR count). The fourth-order valence-corrected chi connectivity index (χ4v) is 1.81. The minimum absolute atomic E-state index is 0.0150. The molecule has 0 aliphatic rings. The Balaban J connectivity index is 2.16. The van der Waals surface area contributed by atoms with E-state index in [1.807, 2.05) is 6.92 Å². The van der Waals surface area contributed by atoms with Crippen molar-refractivity contribution in [2.45, 2.75) is 32.7 Å². The molecule has 0 aromatic carbocycles. The minimum atomic E-state index is 0.0150. The second kappa shape index (κ2) is 6.74. The van der Waals surface area contributed by atoms with E-state index in [1.54, 1.807) is 12.4 Å². The summed E-state index contributed by atoms with van der Waals surface area (Å²) in [6, 6.07) is 0.0150. The quantitative estimate of drug-likeness (QED) is 0.716. The van der Waals surface area contributed by atoms with Gasteiger partial charge in [0.05, 0.1) is 12.6 Å². The molecule has 0 radical (unpaired) electrons. The van der Waals surface area contributed by atoms with E-state index in [9.17, 15) is 0 Å². The third-order valence-corrected chi connectivity index (χ3v) is 2.86. The van der Waals surface area contributed by atoms with E-state index in [-0.39, 0.29) is 6.04 Å². The second-order valence-corrected chi connectivity index (χ2v) is 4.37. The van der Waals surface area contributed by atoms with Gasteiger partial charge in [-0.1, -0.05) is 13.8 Å². The van der Waals surface area contributed by atoms with Crippen LogP contribution < -0.4 is 15.8 Å². The van der Waals surface area contributed by atoms with Crippen LogP contribution in [0.3, 0.4) is 0 Å². The molecule has 0 aliphatic carbocycles. The van der Waals surface area contributed by atoms with Crippen LogP contribution in [-0.4, -0.2) is 26.5 Å². The fraction of sp³-hybridized carbons (Fsp3) is 0.462. The monoisotopic (exact) mass is 276 g/mol. The number of anilines is 2. The van der Waals surface area contributed by atoms with E-state index in [2.05, 4.69) is 32.2 Å². The predicted molar refractivity (Wildman–Crippen MR) is 77.5 cm³/mol. The van der Waals surface area contributed by atoms with E-state index in [0.29, 0.717) is 24.0 Å². The van der Waals surface area contributed by atoms with Crippen LogP contribution in [-0.2, 0) is 0 Å². The smallest absolute Gasteiger partial charge is 0.242 e. The highest BCUT2D eigenvalue weighted by Crippen LogP contribution is 2.28. The normalized spacial score (nSPS) is 12.1. The van der Waals surface area contributed by atoms with Crippen molar-refractivity contribution in [2.24, 2.45) is 0 Å². The fourth-order valence-electron chi connectivity index (χ4n) is 1.81. The number of nitrogens with zero attached hydrogens (tertiary/aromatic N) is 3. The van der Waals surface area contributed by atoms with Crippen molar-refractivity contribution in [3.05, 3.63) is 24.5 Å². The SMILES string of the molecule is CCCOc1ncnc(NC(CC)c2ncc[nH]2)c1N. The number of H-pyrrole nitrogens is 1. The number of ether oxygens (including phenoxy) is 1. The Hall–Kier alpha value is -2.31. The molecule has 2 heterocycles. The van der Waals surface area contributed by atoms with Gasteiger partial charge in [0.1, 0.15) is 17.8 Å². The van der Waals surface area contributed by atoms with Gasteiger partial charge >= 0.3 is 0 Å². The van der Waals surface area contributed by atoms with Crippen LogP contribution in [0.1, 0.15) is 38.6 Å². The third kappa shape index (κ3) is 3.17. The first-order chi connectivity index (χ1) is 9.76. The number of nitrogens with one attached hydrogen (secondary N) is 2. The first-order valence-corrected chi connectivity index (χ1v) is 6.75. The zero-order valence-electron chi connectivity index (χ0n) is 11.8. The number of aromatic amines is 1. The maximum Gasteiger partial charge on any atom is 0.242 e. The first kappa shape index (κ1) is 14.1. The lowest BCUT2D eigenvalue weighted by Gasteiger charge is -2.17. The van der Waals surface area contributed by atoms with Crippen LogP contribution >= 0.6 is 0 Å². The number of aromatic nitrogens is 4. The molecule has 1 atom stereocenters. The molecule has 7 nitrogen and oxygen atoms in total. The van der Waals surface area contributed by atoms with Crippen molar-refractivity contribution in [1.29, 1.82) is 0 Å². The molecular weight excluding hydrogens is 256 g/mol. The van der Waals surface area contributed by atoms with Crippen LogP contribution in [0, 0.1) is 0 Å². The molecule has 0 saturated heterocycles. The number of imidazole rings is 1. The average Bonchev–Trinajstić information content (AvgIpc) is 2.99. The molecule has 0 fully saturated rings. The molecule has 0 bridgehead atoms. The molecule has 108 valence electrons. The van der Waals surface area contributed by atoms with Crippen molar-refractivity contribution in [2.75, 3.05) is 17.7 Å². The van der Waals surface area contributed by atoms with Gasteiger partial charge in [0.15, 0.2) is 5.82 Å². The summed E-state index contributed by atoms with van der Waals surface area (Å²) < 4.78 is 5.49. The van der Waals surface area contributed by atoms with Gasteiger partial charge in [-0.2, -0.15) is 4.98 Å². The van der Waals surface area contributed by atoms with Crippen LogP contribution in [0.2, 0.25) is 0 Å². The zero-order chi connectivity index (χ0) is 14.4. The Morgan fingerprint density at radius 1 is 1.35 bits per heavy atom. The lowest BCUT2D eigenvalue weighted by molar-refractivity contribution is 0.306. The highest BCUT2D eigenvalue weighted by Gasteiger charge is 2.16. The summed E-state index contributed by atoms with van der Waals surface area (Å²) in [5.41, 5.74) is 6.46. The third-order valence-electron chi connectivity index (χ3n) is 2.86. The first-order valence-electron chi connectivity index (χ1n) is 6.75. The molecular formula is C13H20N6O. The maximum absolute atomic E-state index is 6.04. The van der Waals surface area contributed by atoms with Gasteiger partial charge in [0.25, 0.3) is 0 Å². The number of nitrogen functional groups attached to an aromatic ring is 1. The molecule has 1 unspecified atom stereocenters. The lowest BCUT2D eigenvalue weighted by Crippen LogP contribution is -2.14. The molecule has 2 aromatic heterocycles. The van der Waals surface area contributed by atoms with E-state index in [4.69, 9.17) is 10.5 Å². The zero-order valence-corrected chi connectivity index (χ0v) is 11.8. The highest BCUT2D eigenvalue weighted by atomic mass is 16.5. The summed E-state index contributed by atoms with van der Waals surface area (Å²) in [6.07, 6.45) is 6.70. The Morgan fingerprint density at radius 3 is 2.85 bits per heavy atom. The van der Waals surface area contributed by atoms with E-state index < -0.39 is 0 Å². The van der Waals surface area contributed by atoms with Gasteiger partial charge in [-0.15, -0.1) is 0 Å². The van der Waals surface area contributed by atoms with Crippen molar-refractivity contribution in [3.63, 3.8) is 0 Å². The summed E-state index contributed by atoms with van der Waals surface area (Å²) in [6.45, 7) is 4.67. The van der Waals surface area contributed by atoms with Gasteiger partial charge in [-0.05, 0) is 12.8 Å². The summed E-state index contributed by atoms with van der Waals surface area (Å²) in [5, 5.41) is 3.27. The van der Waals surface area contributed by atoms with Crippen molar-refractivity contribution in [1.82, 2.24) is 19.9 Å². The van der Waals surface area contributed by atoms with Crippen molar-refractivity contribution >= 4 is 11.5 Å². The number of hydrogen-bond acceptors (Lipinski definition) is 6. The summed E-state index contributed by atoms with van der Waals surface area (Å²) in [7, 11) is 0. The average molecular weight is 276 g/mol. The minimum Gasteiger partial charge on any atom is -0.476 e. The Labute approximate surface area is 118 Å². The maximum atomic E-state index is 6.04. The molecule has 7 heteroatoms. The van der Waals surface area contributed by atoms with Crippen molar-refractivity contribution < 1.29 is 4.74 Å². The van der Waals surface area contributed by atoms with Crippen LogP contribution in [0.5, 0.6) is 5.88 Å². The van der Waals surface area contributed by atoms with Crippen LogP contribution in [0.15, 0.2) is 18.7 Å². The molecule has 20 heavy (non-hydrogen) atoms.